The van der Waals surface area contributed by atoms with Crippen molar-refractivity contribution >= 4 is 43.7 Å². The van der Waals surface area contributed by atoms with Crippen molar-refractivity contribution in [2.45, 2.75) is 0 Å². The van der Waals surface area contributed by atoms with Crippen LogP contribution in [0.3, 0.4) is 0 Å². The molecule has 0 spiro atoms. The van der Waals surface area contributed by atoms with Gasteiger partial charge < -0.3 is 9.40 Å². The Morgan fingerprint density at radius 3 is 2.35 bits per heavy atom. The molecule has 0 radical (unpaired) electrons. The third-order valence-electron chi connectivity index (χ3n) is 5.22. The maximum atomic E-state index is 6.03. The summed E-state index contributed by atoms with van der Waals surface area (Å²) in [6, 6.07) is 29.6. The summed E-state index contributed by atoms with van der Waals surface area (Å²) in [6.07, 6.45) is 0. The average molecular weight is 333 g/mol. The maximum Gasteiger partial charge on any atom is 0.137 e. The lowest BCUT2D eigenvalue weighted by Crippen LogP contribution is -1.76. The molecule has 0 saturated carbocycles. The van der Waals surface area contributed by atoms with Gasteiger partial charge in [-0.05, 0) is 41.5 Å². The number of para-hydroxylation sites is 1. The van der Waals surface area contributed by atoms with Gasteiger partial charge in [0.25, 0.3) is 0 Å². The van der Waals surface area contributed by atoms with Crippen molar-refractivity contribution in [1.29, 1.82) is 0 Å². The van der Waals surface area contributed by atoms with E-state index in [-0.39, 0.29) is 0 Å². The van der Waals surface area contributed by atoms with Crippen LogP contribution in [0.1, 0.15) is 0 Å². The van der Waals surface area contributed by atoms with E-state index in [1.165, 1.54) is 21.9 Å². The van der Waals surface area contributed by atoms with Gasteiger partial charge in [-0.1, -0.05) is 54.6 Å². The third-order valence-corrected chi connectivity index (χ3v) is 5.22. The molecule has 0 saturated heterocycles. The van der Waals surface area contributed by atoms with Crippen LogP contribution in [0.5, 0.6) is 0 Å². The van der Waals surface area contributed by atoms with Gasteiger partial charge >= 0.3 is 0 Å². The second-order valence-corrected chi connectivity index (χ2v) is 6.71. The number of nitrogens with one attached hydrogen (secondary N) is 1. The molecule has 0 fully saturated rings. The summed E-state index contributed by atoms with van der Waals surface area (Å²) in [5.74, 6) is 0. The molecule has 0 bridgehead atoms. The van der Waals surface area contributed by atoms with Crippen LogP contribution in [0.15, 0.2) is 89.3 Å². The summed E-state index contributed by atoms with van der Waals surface area (Å²) < 4.78 is 6.03. The second-order valence-electron chi connectivity index (χ2n) is 6.71. The van der Waals surface area contributed by atoms with E-state index in [4.69, 9.17) is 4.42 Å². The molecule has 0 unspecified atom stereocenters. The zero-order chi connectivity index (χ0) is 17.1. The van der Waals surface area contributed by atoms with Gasteiger partial charge in [0.1, 0.15) is 11.2 Å². The van der Waals surface area contributed by atoms with Gasteiger partial charge in [0.15, 0.2) is 0 Å². The van der Waals surface area contributed by atoms with E-state index in [0.29, 0.717) is 0 Å². The number of furan rings is 1. The van der Waals surface area contributed by atoms with E-state index >= 15 is 0 Å². The predicted octanol–water partition coefficient (Wildman–Crippen LogP) is 6.89. The Kier molecular flexibility index (Phi) is 2.64. The van der Waals surface area contributed by atoms with Crippen molar-refractivity contribution in [2.75, 3.05) is 0 Å². The second kappa shape index (κ2) is 4.99. The van der Waals surface area contributed by atoms with Gasteiger partial charge in [-0.15, -0.1) is 0 Å². The Hall–Kier alpha value is -3.52. The van der Waals surface area contributed by atoms with E-state index in [9.17, 15) is 0 Å². The molecule has 2 heterocycles. The predicted molar refractivity (Wildman–Crippen MR) is 109 cm³/mol. The molecular formula is C24H15NO. The number of hydrogen-bond donors (Lipinski definition) is 1. The molecule has 6 rings (SSSR count). The molecule has 0 aliphatic rings. The average Bonchev–Trinajstić information content (AvgIpc) is 3.26. The lowest BCUT2D eigenvalue weighted by atomic mass is 10.0. The Morgan fingerprint density at radius 1 is 0.577 bits per heavy atom. The maximum absolute atomic E-state index is 6.03. The molecule has 1 N–H and O–H groups in total. The topological polar surface area (TPSA) is 28.9 Å². The number of fused-ring (bicyclic) bond motifs is 7. The van der Waals surface area contributed by atoms with Crippen molar-refractivity contribution < 1.29 is 4.42 Å². The van der Waals surface area contributed by atoms with Crippen LogP contribution in [-0.4, -0.2) is 4.98 Å². The molecule has 2 aromatic heterocycles. The number of rotatable bonds is 1. The smallest absolute Gasteiger partial charge is 0.137 e. The molecule has 0 amide bonds. The fourth-order valence-corrected chi connectivity index (χ4v) is 3.99. The minimum Gasteiger partial charge on any atom is -0.456 e. The van der Waals surface area contributed by atoms with Crippen molar-refractivity contribution in [2.24, 2.45) is 0 Å². The van der Waals surface area contributed by atoms with Crippen molar-refractivity contribution in [3.8, 4) is 11.1 Å². The monoisotopic (exact) mass is 333 g/mol. The molecule has 4 aromatic carbocycles. The summed E-state index contributed by atoms with van der Waals surface area (Å²) in [5, 5.41) is 4.80. The number of benzene rings is 4. The Labute approximate surface area is 149 Å². The normalized spacial score (nSPS) is 11.8. The molecule has 6 aromatic rings. The molecule has 122 valence electrons. The Bertz CT molecular complexity index is 1420. The number of aromatic nitrogens is 1. The fourth-order valence-electron chi connectivity index (χ4n) is 3.99. The summed E-state index contributed by atoms with van der Waals surface area (Å²) in [4.78, 5) is 3.62. The van der Waals surface area contributed by atoms with Crippen LogP contribution in [0, 0.1) is 0 Å². The lowest BCUT2D eigenvalue weighted by Gasteiger charge is -2.01. The number of H-pyrrole nitrogens is 1. The van der Waals surface area contributed by atoms with Crippen molar-refractivity contribution in [1.82, 2.24) is 4.98 Å². The molecular weight excluding hydrogens is 318 g/mol. The highest BCUT2D eigenvalue weighted by Gasteiger charge is 2.14. The van der Waals surface area contributed by atoms with Crippen LogP contribution >= 0.6 is 0 Å². The fraction of sp³-hybridized carbons (Fsp3) is 0. The van der Waals surface area contributed by atoms with E-state index in [0.717, 1.165) is 33.0 Å². The summed E-state index contributed by atoms with van der Waals surface area (Å²) >= 11 is 0. The first-order chi connectivity index (χ1) is 12.9. The number of hydrogen-bond acceptors (Lipinski definition) is 1. The van der Waals surface area contributed by atoms with Crippen molar-refractivity contribution in [3.05, 3.63) is 84.9 Å². The Morgan fingerprint density at radius 2 is 1.42 bits per heavy atom. The first-order valence-corrected chi connectivity index (χ1v) is 8.79. The molecule has 2 heteroatoms. The van der Waals surface area contributed by atoms with Gasteiger partial charge in [-0.2, -0.15) is 0 Å². The van der Waals surface area contributed by atoms with Crippen LogP contribution in [0.4, 0.5) is 0 Å². The SMILES string of the molecule is c1ccc(-c2ccc3[nH]c4c(ccc5oc6ccccc6c54)c3c2)cc1. The largest absolute Gasteiger partial charge is 0.456 e. The zero-order valence-electron chi connectivity index (χ0n) is 14.0. The van der Waals surface area contributed by atoms with Crippen LogP contribution in [0.25, 0.3) is 54.9 Å². The molecule has 0 aliphatic carbocycles. The standard InChI is InChI=1S/C24H15NO/c1-2-6-15(7-3-1)16-10-12-20-19(14-16)17-11-13-22-23(24(17)25-20)18-8-4-5-9-21(18)26-22/h1-14,25H. The van der Waals surface area contributed by atoms with Crippen LogP contribution < -0.4 is 0 Å². The first kappa shape index (κ1) is 13.7. The highest BCUT2D eigenvalue weighted by Crippen LogP contribution is 2.38. The van der Waals surface area contributed by atoms with E-state index < -0.39 is 0 Å². The summed E-state index contributed by atoms with van der Waals surface area (Å²) in [5.41, 5.74) is 6.62. The summed E-state index contributed by atoms with van der Waals surface area (Å²) in [7, 11) is 0. The van der Waals surface area contributed by atoms with E-state index in [2.05, 4.69) is 77.8 Å². The van der Waals surface area contributed by atoms with Gasteiger partial charge in [0.2, 0.25) is 0 Å². The summed E-state index contributed by atoms with van der Waals surface area (Å²) in [6.45, 7) is 0. The van der Waals surface area contributed by atoms with Crippen molar-refractivity contribution in [3.63, 3.8) is 0 Å². The highest BCUT2D eigenvalue weighted by molar-refractivity contribution is 6.23. The van der Waals surface area contributed by atoms with Gasteiger partial charge in [0.05, 0.1) is 10.9 Å². The van der Waals surface area contributed by atoms with E-state index in [1.54, 1.807) is 0 Å². The van der Waals surface area contributed by atoms with Crippen LogP contribution in [-0.2, 0) is 0 Å². The van der Waals surface area contributed by atoms with Crippen LogP contribution in [0.2, 0.25) is 0 Å². The highest BCUT2D eigenvalue weighted by atomic mass is 16.3. The van der Waals surface area contributed by atoms with Gasteiger partial charge in [0, 0.05) is 21.7 Å². The molecule has 26 heavy (non-hydrogen) atoms. The first-order valence-electron chi connectivity index (χ1n) is 8.79. The Balaban J connectivity index is 1.73. The lowest BCUT2D eigenvalue weighted by molar-refractivity contribution is 0.669. The molecule has 2 nitrogen and oxygen atoms in total. The molecule has 0 aliphatic heterocycles. The minimum absolute atomic E-state index is 0.925. The third kappa shape index (κ3) is 1.81. The number of aromatic amines is 1. The van der Waals surface area contributed by atoms with Gasteiger partial charge in [-0.25, -0.2) is 0 Å². The van der Waals surface area contributed by atoms with Gasteiger partial charge in [-0.3, -0.25) is 0 Å². The van der Waals surface area contributed by atoms with E-state index in [1.807, 2.05) is 12.1 Å². The molecule has 0 atom stereocenters. The minimum atomic E-state index is 0.925. The quantitative estimate of drug-likeness (QED) is 0.349. The zero-order valence-corrected chi connectivity index (χ0v) is 14.0.